The van der Waals surface area contributed by atoms with Crippen LogP contribution in [0, 0.1) is 13.8 Å². The number of aryl methyl sites for hydroxylation is 3. The van der Waals surface area contributed by atoms with Crippen LogP contribution in [0.5, 0.6) is 0 Å². The van der Waals surface area contributed by atoms with Gasteiger partial charge in [-0.05, 0) is 27.7 Å². The van der Waals surface area contributed by atoms with Crippen LogP contribution in [-0.2, 0) is 6.54 Å². The van der Waals surface area contributed by atoms with E-state index in [1.165, 1.54) is 0 Å². The number of hydrogen-bond acceptors (Lipinski definition) is 4. The molecule has 0 radical (unpaired) electrons. The average molecular weight is 338 g/mol. The predicted octanol–water partition coefficient (Wildman–Crippen LogP) is 3.67. The van der Waals surface area contributed by atoms with Crippen molar-refractivity contribution in [3.05, 3.63) is 59.0 Å². The summed E-state index contributed by atoms with van der Waals surface area (Å²) in [6.45, 7) is 8.72. The van der Waals surface area contributed by atoms with E-state index in [-0.39, 0.29) is 17.6 Å². The number of amides is 1. The summed E-state index contributed by atoms with van der Waals surface area (Å²) in [6, 6.07) is 9.38. The van der Waals surface area contributed by atoms with E-state index in [2.05, 4.69) is 15.6 Å². The molecule has 0 spiro atoms. The van der Waals surface area contributed by atoms with Gasteiger partial charge in [0.05, 0.1) is 11.7 Å². The first-order valence-corrected chi connectivity index (χ1v) is 8.36. The molecule has 1 unspecified atom stereocenters. The van der Waals surface area contributed by atoms with E-state index in [0.29, 0.717) is 5.76 Å². The quantitative estimate of drug-likeness (QED) is 0.770. The fraction of sp³-hybridized carbons (Fsp3) is 0.316. The molecule has 0 saturated carbocycles. The Morgan fingerprint density at radius 1 is 1.28 bits per heavy atom. The van der Waals surface area contributed by atoms with Gasteiger partial charge in [-0.15, -0.1) is 0 Å². The molecule has 0 aliphatic heterocycles. The Labute approximate surface area is 146 Å². The Morgan fingerprint density at radius 2 is 2.00 bits per heavy atom. The maximum atomic E-state index is 12.5. The van der Waals surface area contributed by atoms with Gasteiger partial charge in [0.25, 0.3) is 5.91 Å². The highest BCUT2D eigenvalue weighted by atomic mass is 16.5. The fourth-order valence-electron chi connectivity index (χ4n) is 2.70. The van der Waals surface area contributed by atoms with E-state index >= 15 is 0 Å². The standard InChI is InChI=1S/C19H22N4O2/c1-5-23-11-16(14(4)21-23)13(3)20-19(24)17-10-18(25-22-17)15-8-6-12(2)7-9-15/h6-11,13H,5H2,1-4H3,(H,20,24). The van der Waals surface area contributed by atoms with Crippen LogP contribution in [0.25, 0.3) is 11.3 Å². The molecular formula is C19H22N4O2. The Kier molecular flexibility index (Phi) is 4.70. The molecule has 6 nitrogen and oxygen atoms in total. The molecule has 1 atom stereocenters. The van der Waals surface area contributed by atoms with Gasteiger partial charge in [0.1, 0.15) is 0 Å². The topological polar surface area (TPSA) is 73.0 Å². The minimum Gasteiger partial charge on any atom is -0.355 e. The van der Waals surface area contributed by atoms with E-state index in [1.807, 2.05) is 62.8 Å². The average Bonchev–Trinajstić information content (AvgIpc) is 3.22. The van der Waals surface area contributed by atoms with E-state index < -0.39 is 0 Å². The molecule has 0 fully saturated rings. The first kappa shape index (κ1) is 17.0. The van der Waals surface area contributed by atoms with Crippen LogP contribution in [0.3, 0.4) is 0 Å². The van der Waals surface area contributed by atoms with Crippen LogP contribution in [0.4, 0.5) is 0 Å². The summed E-state index contributed by atoms with van der Waals surface area (Å²) in [5.41, 5.74) is 4.24. The first-order chi connectivity index (χ1) is 12.0. The second-order valence-corrected chi connectivity index (χ2v) is 6.16. The monoisotopic (exact) mass is 338 g/mol. The number of carbonyl (C=O) groups excluding carboxylic acids is 1. The third-order valence-corrected chi connectivity index (χ3v) is 4.20. The van der Waals surface area contributed by atoms with Crippen molar-refractivity contribution in [1.82, 2.24) is 20.3 Å². The SMILES string of the molecule is CCn1cc(C(C)NC(=O)c2cc(-c3ccc(C)cc3)on2)c(C)n1. The Balaban J connectivity index is 1.73. The number of carbonyl (C=O) groups is 1. The molecule has 0 aliphatic rings. The van der Waals surface area contributed by atoms with E-state index in [1.54, 1.807) is 6.07 Å². The van der Waals surface area contributed by atoms with Crippen LogP contribution in [0.15, 0.2) is 41.1 Å². The van der Waals surface area contributed by atoms with E-state index in [0.717, 1.165) is 28.9 Å². The van der Waals surface area contributed by atoms with Crippen molar-refractivity contribution in [2.75, 3.05) is 0 Å². The number of nitrogens with zero attached hydrogens (tertiary/aromatic N) is 3. The van der Waals surface area contributed by atoms with Crippen molar-refractivity contribution in [2.45, 2.75) is 40.3 Å². The number of aromatic nitrogens is 3. The molecule has 3 rings (SSSR count). The molecule has 0 saturated heterocycles. The Hall–Kier alpha value is -2.89. The maximum Gasteiger partial charge on any atom is 0.273 e. The third kappa shape index (κ3) is 3.63. The van der Waals surface area contributed by atoms with Gasteiger partial charge in [-0.3, -0.25) is 9.48 Å². The lowest BCUT2D eigenvalue weighted by atomic mass is 10.1. The number of benzene rings is 1. The smallest absolute Gasteiger partial charge is 0.273 e. The molecule has 0 bridgehead atoms. The minimum absolute atomic E-state index is 0.160. The van der Waals surface area contributed by atoms with Crippen LogP contribution < -0.4 is 5.32 Å². The van der Waals surface area contributed by atoms with Crippen LogP contribution in [-0.4, -0.2) is 20.8 Å². The summed E-state index contributed by atoms with van der Waals surface area (Å²) in [6.07, 6.45) is 1.96. The molecule has 1 aromatic carbocycles. The number of rotatable bonds is 5. The Bertz CT molecular complexity index is 877. The van der Waals surface area contributed by atoms with Gasteiger partial charge in [0, 0.05) is 29.9 Å². The molecule has 2 heterocycles. The highest BCUT2D eigenvalue weighted by Gasteiger charge is 2.19. The zero-order chi connectivity index (χ0) is 18.0. The van der Waals surface area contributed by atoms with Crippen molar-refractivity contribution >= 4 is 5.91 Å². The molecule has 2 aromatic heterocycles. The molecule has 130 valence electrons. The summed E-state index contributed by atoms with van der Waals surface area (Å²) in [7, 11) is 0. The highest BCUT2D eigenvalue weighted by molar-refractivity contribution is 5.93. The molecule has 0 aliphatic carbocycles. The second-order valence-electron chi connectivity index (χ2n) is 6.16. The molecule has 6 heteroatoms. The minimum atomic E-state index is -0.265. The zero-order valence-corrected chi connectivity index (χ0v) is 14.9. The molecule has 25 heavy (non-hydrogen) atoms. The molecule has 1 amide bonds. The predicted molar refractivity (Wildman–Crippen MR) is 95.2 cm³/mol. The maximum absolute atomic E-state index is 12.5. The van der Waals surface area contributed by atoms with Gasteiger partial charge in [-0.1, -0.05) is 35.0 Å². The van der Waals surface area contributed by atoms with Crippen molar-refractivity contribution < 1.29 is 9.32 Å². The van der Waals surface area contributed by atoms with Crippen LogP contribution >= 0.6 is 0 Å². The van der Waals surface area contributed by atoms with Crippen LogP contribution in [0.1, 0.15) is 47.2 Å². The zero-order valence-electron chi connectivity index (χ0n) is 14.9. The van der Waals surface area contributed by atoms with Gasteiger partial charge in [-0.2, -0.15) is 5.10 Å². The highest BCUT2D eigenvalue weighted by Crippen LogP contribution is 2.22. The lowest BCUT2D eigenvalue weighted by molar-refractivity contribution is 0.0930. The fourth-order valence-corrected chi connectivity index (χ4v) is 2.70. The third-order valence-electron chi connectivity index (χ3n) is 4.20. The summed E-state index contributed by atoms with van der Waals surface area (Å²) >= 11 is 0. The van der Waals surface area contributed by atoms with Crippen molar-refractivity contribution in [2.24, 2.45) is 0 Å². The summed E-state index contributed by atoms with van der Waals surface area (Å²) in [5, 5.41) is 11.3. The van der Waals surface area contributed by atoms with Gasteiger partial charge < -0.3 is 9.84 Å². The lowest BCUT2D eigenvalue weighted by Gasteiger charge is -2.11. The normalized spacial score (nSPS) is 12.2. The van der Waals surface area contributed by atoms with Gasteiger partial charge in [0.15, 0.2) is 11.5 Å². The van der Waals surface area contributed by atoms with Crippen molar-refractivity contribution in [3.8, 4) is 11.3 Å². The summed E-state index contributed by atoms with van der Waals surface area (Å²) in [4.78, 5) is 12.5. The lowest BCUT2D eigenvalue weighted by Crippen LogP contribution is -2.27. The first-order valence-electron chi connectivity index (χ1n) is 8.36. The van der Waals surface area contributed by atoms with Gasteiger partial charge in [-0.25, -0.2) is 0 Å². The second kappa shape index (κ2) is 6.93. The molecule has 3 aromatic rings. The van der Waals surface area contributed by atoms with Crippen molar-refractivity contribution in [1.29, 1.82) is 0 Å². The molecule has 1 N–H and O–H groups in total. The van der Waals surface area contributed by atoms with Gasteiger partial charge >= 0.3 is 0 Å². The largest absolute Gasteiger partial charge is 0.355 e. The van der Waals surface area contributed by atoms with E-state index in [4.69, 9.17) is 4.52 Å². The summed E-state index contributed by atoms with van der Waals surface area (Å²) < 4.78 is 7.18. The van der Waals surface area contributed by atoms with Crippen molar-refractivity contribution in [3.63, 3.8) is 0 Å². The van der Waals surface area contributed by atoms with Crippen LogP contribution in [0.2, 0.25) is 0 Å². The number of hydrogen-bond donors (Lipinski definition) is 1. The molecular weight excluding hydrogens is 316 g/mol. The Morgan fingerprint density at radius 3 is 2.64 bits per heavy atom. The van der Waals surface area contributed by atoms with E-state index in [9.17, 15) is 4.79 Å². The number of nitrogens with one attached hydrogen (secondary N) is 1. The summed E-state index contributed by atoms with van der Waals surface area (Å²) in [5.74, 6) is 0.311. The van der Waals surface area contributed by atoms with Gasteiger partial charge in [0.2, 0.25) is 0 Å².